The van der Waals surface area contributed by atoms with Gasteiger partial charge in [-0.2, -0.15) is 0 Å². The molecule has 1 aromatic rings. The van der Waals surface area contributed by atoms with E-state index in [2.05, 4.69) is 0 Å². The third-order valence-electron chi connectivity index (χ3n) is 2.19. The molecular weight excluding hydrogens is 200 g/mol. The molecule has 0 radical (unpaired) electrons. The van der Waals surface area contributed by atoms with Crippen LogP contribution in [-0.2, 0) is 0 Å². The van der Waals surface area contributed by atoms with Gasteiger partial charge in [-0.05, 0) is 5.92 Å². The van der Waals surface area contributed by atoms with Crippen LogP contribution in [0.4, 0.5) is 4.79 Å². The SMILES string of the molecule is CC(C)c1c2cc(O)c(O)c1OC(=O)O2. The Morgan fingerprint density at radius 3 is 2.53 bits per heavy atom. The highest BCUT2D eigenvalue weighted by Crippen LogP contribution is 2.49. The van der Waals surface area contributed by atoms with E-state index in [0.29, 0.717) is 5.56 Å². The van der Waals surface area contributed by atoms with Crippen molar-refractivity contribution in [2.45, 2.75) is 19.8 Å². The Labute approximate surface area is 85.9 Å². The highest BCUT2D eigenvalue weighted by molar-refractivity contribution is 5.77. The van der Waals surface area contributed by atoms with Gasteiger partial charge < -0.3 is 19.7 Å². The third-order valence-corrected chi connectivity index (χ3v) is 2.19. The molecule has 5 nitrogen and oxygen atoms in total. The lowest BCUT2D eigenvalue weighted by Gasteiger charge is -2.22. The normalized spacial score (nSPS) is 13.7. The van der Waals surface area contributed by atoms with E-state index < -0.39 is 11.9 Å². The Hall–Kier alpha value is -1.91. The number of hydrogen-bond acceptors (Lipinski definition) is 5. The Morgan fingerprint density at radius 1 is 1.27 bits per heavy atom. The molecule has 0 amide bonds. The first-order chi connectivity index (χ1) is 7.00. The number of aromatic hydroxyl groups is 2. The number of hydrogen-bond donors (Lipinski definition) is 2. The van der Waals surface area contributed by atoms with Crippen LogP contribution in [0.3, 0.4) is 0 Å². The van der Waals surface area contributed by atoms with E-state index in [1.807, 2.05) is 13.8 Å². The molecule has 2 rings (SSSR count). The van der Waals surface area contributed by atoms with Crippen molar-refractivity contribution < 1.29 is 24.5 Å². The van der Waals surface area contributed by atoms with Crippen LogP contribution in [0.1, 0.15) is 25.3 Å². The summed E-state index contributed by atoms with van der Waals surface area (Å²) in [6.07, 6.45) is -0.903. The van der Waals surface area contributed by atoms with Crippen molar-refractivity contribution in [3.63, 3.8) is 0 Å². The molecule has 1 aliphatic rings. The van der Waals surface area contributed by atoms with E-state index in [4.69, 9.17) is 9.47 Å². The van der Waals surface area contributed by atoms with Crippen LogP contribution in [0.5, 0.6) is 23.0 Å². The first-order valence-corrected chi connectivity index (χ1v) is 4.49. The fraction of sp³-hybridized carbons (Fsp3) is 0.300. The summed E-state index contributed by atoms with van der Waals surface area (Å²) in [6.45, 7) is 3.72. The number of phenolic OH excluding ortho intramolecular Hbond substituents is 2. The second-order valence-electron chi connectivity index (χ2n) is 3.59. The average Bonchev–Trinajstić information content (AvgIpc) is 2.13. The summed E-state index contributed by atoms with van der Waals surface area (Å²) >= 11 is 0. The molecule has 1 heterocycles. The van der Waals surface area contributed by atoms with Crippen molar-refractivity contribution in [1.29, 1.82) is 0 Å². The first kappa shape index (κ1) is 9.64. The predicted molar refractivity (Wildman–Crippen MR) is 50.5 cm³/mol. The molecule has 0 saturated carbocycles. The molecule has 0 saturated heterocycles. The number of carbonyl (C=O) groups excluding carboxylic acids is 1. The van der Waals surface area contributed by atoms with Crippen LogP contribution in [-0.4, -0.2) is 16.4 Å². The summed E-state index contributed by atoms with van der Waals surface area (Å²) in [7, 11) is 0. The Morgan fingerprint density at radius 2 is 1.93 bits per heavy atom. The standard InChI is InChI=1S/C10H10O5/c1-4(2)7-6-3-5(11)8(12)9(7)15-10(13)14-6/h3-4,11-12H,1-2H3. The van der Waals surface area contributed by atoms with Crippen molar-refractivity contribution in [2.75, 3.05) is 0 Å². The molecule has 15 heavy (non-hydrogen) atoms. The van der Waals surface area contributed by atoms with Gasteiger partial charge in [0.15, 0.2) is 11.5 Å². The monoisotopic (exact) mass is 210 g/mol. The Kier molecular flexibility index (Phi) is 1.96. The Balaban J connectivity index is 2.70. The van der Waals surface area contributed by atoms with Crippen LogP contribution >= 0.6 is 0 Å². The summed E-state index contributed by atoms with van der Waals surface area (Å²) in [5, 5.41) is 18.8. The molecule has 1 aromatic carbocycles. The molecule has 0 aliphatic carbocycles. The van der Waals surface area contributed by atoms with E-state index in [0.717, 1.165) is 0 Å². The second-order valence-corrected chi connectivity index (χ2v) is 3.59. The molecule has 0 aromatic heterocycles. The number of ether oxygens (including phenoxy) is 2. The number of carbonyl (C=O) groups is 1. The molecule has 0 spiro atoms. The zero-order valence-corrected chi connectivity index (χ0v) is 8.27. The van der Waals surface area contributed by atoms with Gasteiger partial charge in [-0.3, -0.25) is 0 Å². The number of fused-ring (bicyclic) bond motifs is 2. The fourth-order valence-corrected chi connectivity index (χ4v) is 1.55. The summed E-state index contributed by atoms with van der Waals surface area (Å²) in [5.74, 6) is -0.576. The van der Waals surface area contributed by atoms with Gasteiger partial charge >= 0.3 is 6.16 Å². The van der Waals surface area contributed by atoms with Gasteiger partial charge in [0.1, 0.15) is 5.75 Å². The summed E-state index contributed by atoms with van der Waals surface area (Å²) in [4.78, 5) is 11.0. The highest BCUT2D eigenvalue weighted by atomic mass is 16.7. The van der Waals surface area contributed by atoms with E-state index in [1.165, 1.54) is 6.07 Å². The summed E-state index contributed by atoms with van der Waals surface area (Å²) in [5.41, 5.74) is 0.574. The minimum Gasteiger partial charge on any atom is -0.504 e. The molecule has 0 unspecified atom stereocenters. The van der Waals surface area contributed by atoms with Crippen molar-refractivity contribution in [3.8, 4) is 23.0 Å². The minimum absolute atomic E-state index is 0.00889. The van der Waals surface area contributed by atoms with Crippen LogP contribution < -0.4 is 9.47 Å². The maximum Gasteiger partial charge on any atom is 0.519 e. The zero-order valence-electron chi connectivity index (χ0n) is 8.27. The van der Waals surface area contributed by atoms with Gasteiger partial charge in [-0.1, -0.05) is 13.8 Å². The van der Waals surface area contributed by atoms with Crippen molar-refractivity contribution in [3.05, 3.63) is 11.6 Å². The van der Waals surface area contributed by atoms with Gasteiger partial charge in [0.25, 0.3) is 0 Å². The maximum absolute atomic E-state index is 11.0. The van der Waals surface area contributed by atoms with Crippen LogP contribution in [0.25, 0.3) is 0 Å². The van der Waals surface area contributed by atoms with Gasteiger partial charge in [0.05, 0.1) is 0 Å². The molecule has 2 N–H and O–H groups in total. The number of phenols is 2. The van der Waals surface area contributed by atoms with E-state index in [1.54, 1.807) is 0 Å². The van der Waals surface area contributed by atoms with Gasteiger partial charge in [-0.25, -0.2) is 4.79 Å². The van der Waals surface area contributed by atoms with E-state index in [-0.39, 0.29) is 23.2 Å². The second kappa shape index (κ2) is 3.05. The lowest BCUT2D eigenvalue weighted by molar-refractivity contribution is 0.141. The molecular formula is C10H10O5. The van der Waals surface area contributed by atoms with Crippen molar-refractivity contribution >= 4 is 6.16 Å². The van der Waals surface area contributed by atoms with Crippen LogP contribution in [0, 0.1) is 0 Å². The zero-order chi connectivity index (χ0) is 11.2. The van der Waals surface area contributed by atoms with Gasteiger partial charge in [0, 0.05) is 11.6 Å². The lowest BCUT2D eigenvalue weighted by atomic mass is 9.99. The maximum atomic E-state index is 11.0. The lowest BCUT2D eigenvalue weighted by Crippen LogP contribution is -2.21. The van der Waals surface area contributed by atoms with Crippen molar-refractivity contribution in [2.24, 2.45) is 0 Å². The predicted octanol–water partition coefficient (Wildman–Crippen LogP) is 2.11. The van der Waals surface area contributed by atoms with Gasteiger partial charge in [0.2, 0.25) is 5.75 Å². The minimum atomic E-state index is -0.903. The van der Waals surface area contributed by atoms with E-state index in [9.17, 15) is 15.0 Å². The highest BCUT2D eigenvalue weighted by Gasteiger charge is 2.30. The third kappa shape index (κ3) is 1.36. The fourth-order valence-electron chi connectivity index (χ4n) is 1.55. The molecule has 2 bridgehead atoms. The van der Waals surface area contributed by atoms with E-state index >= 15 is 0 Å². The topological polar surface area (TPSA) is 76.0 Å². The molecule has 5 heteroatoms. The number of rotatable bonds is 1. The largest absolute Gasteiger partial charge is 0.519 e. The number of benzene rings is 1. The molecule has 80 valence electrons. The van der Waals surface area contributed by atoms with Crippen LogP contribution in [0.15, 0.2) is 6.07 Å². The van der Waals surface area contributed by atoms with Gasteiger partial charge in [-0.15, -0.1) is 0 Å². The Bertz CT molecular complexity index is 436. The molecule has 0 atom stereocenters. The van der Waals surface area contributed by atoms with Crippen molar-refractivity contribution in [1.82, 2.24) is 0 Å². The summed E-state index contributed by atoms with van der Waals surface area (Å²) < 4.78 is 9.51. The smallest absolute Gasteiger partial charge is 0.504 e. The quantitative estimate of drug-likeness (QED) is 0.421. The summed E-state index contributed by atoms with van der Waals surface area (Å²) in [6, 6.07) is 1.20. The van der Waals surface area contributed by atoms with Crippen LogP contribution in [0.2, 0.25) is 0 Å². The average molecular weight is 210 g/mol. The molecule has 1 aliphatic heterocycles. The molecule has 0 fully saturated rings. The first-order valence-electron chi connectivity index (χ1n) is 4.49.